The lowest BCUT2D eigenvalue weighted by Gasteiger charge is -2.13. The van der Waals surface area contributed by atoms with Gasteiger partial charge in [-0.3, -0.25) is 29.4 Å². The van der Waals surface area contributed by atoms with E-state index in [4.69, 9.17) is 0 Å². The molecular weight excluding hydrogens is 386 g/mol. The van der Waals surface area contributed by atoms with Crippen molar-refractivity contribution in [3.8, 4) is 0 Å². The Hall–Kier alpha value is -3.55. The molecule has 0 bridgehead atoms. The van der Waals surface area contributed by atoms with Crippen LogP contribution in [0.5, 0.6) is 0 Å². The van der Waals surface area contributed by atoms with Crippen LogP contribution in [0.4, 0.5) is 11.4 Å². The minimum atomic E-state index is -0.651. The number of imide groups is 1. The second kappa shape index (κ2) is 8.86. The molecule has 1 heterocycles. The van der Waals surface area contributed by atoms with Gasteiger partial charge in [0.1, 0.15) is 5.56 Å². The van der Waals surface area contributed by atoms with E-state index in [1.165, 1.54) is 18.2 Å². The highest BCUT2D eigenvalue weighted by Crippen LogP contribution is 2.30. The monoisotopic (exact) mass is 409 g/mol. The zero-order valence-corrected chi connectivity index (χ0v) is 16.9. The highest BCUT2D eigenvalue weighted by Gasteiger charge is 2.40. The van der Waals surface area contributed by atoms with E-state index in [1.807, 2.05) is 32.0 Å². The fourth-order valence-corrected chi connectivity index (χ4v) is 3.45. The highest BCUT2D eigenvalue weighted by atomic mass is 16.6. The molecule has 0 unspecified atom stereocenters. The summed E-state index contributed by atoms with van der Waals surface area (Å²) in [5.74, 6) is -1.23. The number of nitrogens with one attached hydrogen (secondary N) is 1. The van der Waals surface area contributed by atoms with Crippen molar-refractivity contribution in [1.82, 2.24) is 4.90 Å². The first-order chi connectivity index (χ1) is 14.3. The smallest absolute Gasteiger partial charge is 0.282 e. The van der Waals surface area contributed by atoms with Crippen LogP contribution in [0.2, 0.25) is 0 Å². The Morgan fingerprint density at radius 3 is 2.50 bits per heavy atom. The summed E-state index contributed by atoms with van der Waals surface area (Å²) in [4.78, 5) is 48.5. The Bertz CT molecular complexity index is 1030. The zero-order chi connectivity index (χ0) is 21.8. The molecule has 1 aliphatic rings. The normalized spacial score (nSPS) is 12.8. The Kier molecular flexibility index (Phi) is 6.25. The van der Waals surface area contributed by atoms with E-state index in [0.29, 0.717) is 25.7 Å². The fourth-order valence-electron chi connectivity index (χ4n) is 3.45. The summed E-state index contributed by atoms with van der Waals surface area (Å²) >= 11 is 0. The van der Waals surface area contributed by atoms with Crippen LogP contribution >= 0.6 is 0 Å². The molecule has 156 valence electrons. The van der Waals surface area contributed by atoms with E-state index in [1.54, 1.807) is 0 Å². The first-order valence-corrected chi connectivity index (χ1v) is 9.80. The summed E-state index contributed by atoms with van der Waals surface area (Å²) in [6.07, 6.45) is 2.12. The van der Waals surface area contributed by atoms with Crippen LogP contribution in [0.15, 0.2) is 36.4 Å². The zero-order valence-electron chi connectivity index (χ0n) is 16.9. The predicted molar refractivity (Wildman–Crippen MR) is 111 cm³/mol. The molecule has 0 spiro atoms. The van der Waals surface area contributed by atoms with Gasteiger partial charge < -0.3 is 5.32 Å². The van der Waals surface area contributed by atoms with E-state index < -0.39 is 16.7 Å². The van der Waals surface area contributed by atoms with Crippen molar-refractivity contribution >= 4 is 29.1 Å². The molecule has 0 saturated heterocycles. The lowest BCUT2D eigenvalue weighted by molar-refractivity contribution is -0.385. The number of hydrogen-bond acceptors (Lipinski definition) is 5. The fraction of sp³-hybridized carbons (Fsp3) is 0.318. The van der Waals surface area contributed by atoms with Crippen LogP contribution < -0.4 is 5.32 Å². The topological polar surface area (TPSA) is 110 Å². The Labute approximate surface area is 174 Å². The number of nitro groups is 1. The average Bonchev–Trinajstić information content (AvgIpc) is 2.95. The van der Waals surface area contributed by atoms with E-state index in [0.717, 1.165) is 21.7 Å². The average molecular weight is 409 g/mol. The van der Waals surface area contributed by atoms with Crippen LogP contribution in [-0.4, -0.2) is 34.1 Å². The first kappa shape index (κ1) is 21.2. The number of benzene rings is 2. The van der Waals surface area contributed by atoms with Crippen molar-refractivity contribution in [2.24, 2.45) is 0 Å². The van der Waals surface area contributed by atoms with E-state index in [9.17, 15) is 24.5 Å². The van der Waals surface area contributed by atoms with Crippen molar-refractivity contribution in [3.63, 3.8) is 0 Å². The molecule has 8 nitrogen and oxygen atoms in total. The van der Waals surface area contributed by atoms with Gasteiger partial charge in [0, 0.05) is 24.7 Å². The maximum absolute atomic E-state index is 12.5. The number of carbonyl (C=O) groups excluding carboxylic acids is 3. The molecule has 2 aromatic rings. The second-order valence-corrected chi connectivity index (χ2v) is 7.38. The minimum absolute atomic E-state index is 0.0713. The minimum Gasteiger partial charge on any atom is -0.326 e. The number of carbonyl (C=O) groups is 3. The largest absolute Gasteiger partial charge is 0.326 e. The molecule has 2 aromatic carbocycles. The van der Waals surface area contributed by atoms with Crippen LogP contribution in [0.3, 0.4) is 0 Å². The van der Waals surface area contributed by atoms with Gasteiger partial charge in [-0.25, -0.2) is 0 Å². The molecule has 3 amide bonds. The number of nitrogens with zero attached hydrogens (tertiary/aromatic N) is 2. The van der Waals surface area contributed by atoms with Gasteiger partial charge in [0.05, 0.1) is 10.5 Å². The predicted octanol–water partition coefficient (Wildman–Crippen LogP) is 4.01. The van der Waals surface area contributed by atoms with Crippen molar-refractivity contribution in [2.75, 3.05) is 11.9 Å². The summed E-state index contributed by atoms with van der Waals surface area (Å²) in [5, 5.41) is 14.0. The molecule has 0 aromatic heterocycles. The molecule has 8 heteroatoms. The lowest BCUT2D eigenvalue weighted by Crippen LogP contribution is -2.30. The SMILES string of the molecule is Cc1ccc(NC(=O)CCCCCN2C(=O)c3cccc([N+](=O)[O-])c3C2=O)cc1C. The molecule has 3 rings (SSSR count). The Balaban J connectivity index is 1.47. The number of hydrogen-bond donors (Lipinski definition) is 1. The van der Waals surface area contributed by atoms with Crippen LogP contribution in [0.25, 0.3) is 0 Å². The van der Waals surface area contributed by atoms with Gasteiger partial charge in [-0.15, -0.1) is 0 Å². The maximum Gasteiger partial charge on any atom is 0.282 e. The third kappa shape index (κ3) is 4.37. The molecule has 1 N–H and O–H groups in total. The number of fused-ring (bicyclic) bond motifs is 1. The van der Waals surface area contributed by atoms with E-state index in [2.05, 4.69) is 5.32 Å². The third-order valence-corrected chi connectivity index (χ3v) is 5.25. The standard InChI is InChI=1S/C22H23N3O5/c1-14-10-11-16(13-15(14)2)23-19(26)9-4-3-5-12-24-21(27)17-7-6-8-18(25(29)30)20(17)22(24)28/h6-8,10-11,13H,3-5,9,12H2,1-2H3,(H,23,26). The summed E-state index contributed by atoms with van der Waals surface area (Å²) in [5.41, 5.74) is 2.61. The van der Waals surface area contributed by atoms with Gasteiger partial charge in [0.2, 0.25) is 5.91 Å². The summed E-state index contributed by atoms with van der Waals surface area (Å²) in [7, 11) is 0. The van der Waals surface area contributed by atoms with Crippen molar-refractivity contribution in [3.05, 3.63) is 68.8 Å². The molecule has 0 radical (unpaired) electrons. The molecule has 0 fully saturated rings. The molecule has 0 aliphatic carbocycles. The number of anilines is 1. The molecule has 0 saturated carbocycles. The lowest BCUT2D eigenvalue weighted by atomic mass is 10.1. The number of unbranched alkanes of at least 4 members (excludes halogenated alkanes) is 2. The molecular formula is C22H23N3O5. The number of nitro benzene ring substituents is 1. The molecule has 30 heavy (non-hydrogen) atoms. The van der Waals surface area contributed by atoms with Crippen molar-refractivity contribution in [2.45, 2.75) is 39.5 Å². The Morgan fingerprint density at radius 1 is 1.03 bits per heavy atom. The van der Waals surface area contributed by atoms with Gasteiger partial charge in [-0.05, 0) is 56.0 Å². The van der Waals surface area contributed by atoms with Crippen LogP contribution in [-0.2, 0) is 4.79 Å². The second-order valence-electron chi connectivity index (χ2n) is 7.38. The van der Waals surface area contributed by atoms with Crippen LogP contribution in [0.1, 0.15) is 57.5 Å². The van der Waals surface area contributed by atoms with Gasteiger partial charge in [0.25, 0.3) is 17.5 Å². The maximum atomic E-state index is 12.5. The van der Waals surface area contributed by atoms with Gasteiger partial charge >= 0.3 is 0 Å². The number of rotatable bonds is 8. The van der Waals surface area contributed by atoms with Gasteiger partial charge in [-0.1, -0.05) is 18.6 Å². The van der Waals surface area contributed by atoms with Crippen molar-refractivity contribution < 1.29 is 19.3 Å². The summed E-state index contributed by atoms with van der Waals surface area (Å²) < 4.78 is 0. The van der Waals surface area contributed by atoms with Crippen LogP contribution in [0, 0.1) is 24.0 Å². The summed E-state index contributed by atoms with van der Waals surface area (Å²) in [6.45, 7) is 4.16. The Morgan fingerprint density at radius 2 is 1.80 bits per heavy atom. The van der Waals surface area contributed by atoms with E-state index in [-0.39, 0.29) is 29.3 Å². The number of amides is 3. The quantitative estimate of drug-likeness (QED) is 0.307. The molecule has 0 atom stereocenters. The van der Waals surface area contributed by atoms with Gasteiger partial charge in [0.15, 0.2) is 0 Å². The van der Waals surface area contributed by atoms with E-state index >= 15 is 0 Å². The third-order valence-electron chi connectivity index (χ3n) is 5.25. The van der Waals surface area contributed by atoms with Gasteiger partial charge in [-0.2, -0.15) is 0 Å². The number of aryl methyl sites for hydroxylation is 2. The highest BCUT2D eigenvalue weighted by molar-refractivity contribution is 6.23. The summed E-state index contributed by atoms with van der Waals surface area (Å²) in [6, 6.07) is 9.80. The molecule has 1 aliphatic heterocycles. The first-order valence-electron chi connectivity index (χ1n) is 9.80. The van der Waals surface area contributed by atoms with Crippen molar-refractivity contribution in [1.29, 1.82) is 0 Å².